The SMILES string of the molecule is CCCCc1ccc(C(Cl)C2Cc3ccccc3O2)cc1. The van der Waals surface area contributed by atoms with Gasteiger partial charge in [0, 0.05) is 6.42 Å². The fourth-order valence-corrected chi connectivity index (χ4v) is 3.12. The number of aryl methyl sites for hydroxylation is 1. The molecule has 110 valence electrons. The molecule has 1 aliphatic rings. The molecule has 2 unspecified atom stereocenters. The van der Waals surface area contributed by atoms with Gasteiger partial charge in [0.05, 0.1) is 5.38 Å². The minimum atomic E-state index is -0.0994. The van der Waals surface area contributed by atoms with Crippen LogP contribution >= 0.6 is 11.6 Å². The Hall–Kier alpha value is -1.47. The molecule has 2 aromatic carbocycles. The van der Waals surface area contributed by atoms with Gasteiger partial charge in [-0.05, 0) is 35.6 Å². The van der Waals surface area contributed by atoms with Gasteiger partial charge in [-0.15, -0.1) is 11.6 Å². The molecule has 0 N–H and O–H groups in total. The van der Waals surface area contributed by atoms with Gasteiger partial charge in [0.1, 0.15) is 11.9 Å². The van der Waals surface area contributed by atoms with E-state index in [-0.39, 0.29) is 11.5 Å². The number of unbranched alkanes of at least 4 members (excludes halogenated alkanes) is 1. The summed E-state index contributed by atoms with van der Waals surface area (Å²) >= 11 is 6.63. The van der Waals surface area contributed by atoms with Crippen molar-refractivity contribution >= 4 is 11.6 Å². The number of hydrogen-bond donors (Lipinski definition) is 0. The highest BCUT2D eigenvalue weighted by molar-refractivity contribution is 6.21. The van der Waals surface area contributed by atoms with Crippen LogP contribution in [0.15, 0.2) is 48.5 Å². The number of hydrogen-bond acceptors (Lipinski definition) is 1. The molecule has 3 rings (SSSR count). The molecule has 2 aromatic rings. The maximum atomic E-state index is 6.63. The van der Waals surface area contributed by atoms with Gasteiger partial charge in [-0.25, -0.2) is 0 Å². The first-order valence-electron chi connectivity index (χ1n) is 7.75. The van der Waals surface area contributed by atoms with Crippen molar-refractivity contribution in [3.8, 4) is 5.75 Å². The molecule has 1 heterocycles. The van der Waals surface area contributed by atoms with Crippen LogP contribution < -0.4 is 4.74 Å². The zero-order valence-corrected chi connectivity index (χ0v) is 13.1. The lowest BCUT2D eigenvalue weighted by molar-refractivity contribution is 0.227. The number of benzene rings is 2. The van der Waals surface area contributed by atoms with Gasteiger partial charge in [0.15, 0.2) is 0 Å². The first-order chi connectivity index (χ1) is 10.3. The summed E-state index contributed by atoms with van der Waals surface area (Å²) < 4.78 is 5.99. The third-order valence-corrected chi connectivity index (χ3v) is 4.65. The van der Waals surface area contributed by atoms with E-state index < -0.39 is 0 Å². The minimum absolute atomic E-state index is 0.0329. The van der Waals surface area contributed by atoms with E-state index in [4.69, 9.17) is 16.3 Å². The van der Waals surface area contributed by atoms with Crippen LogP contribution in [0.1, 0.15) is 41.8 Å². The molecule has 0 saturated carbocycles. The summed E-state index contributed by atoms with van der Waals surface area (Å²) in [6, 6.07) is 16.9. The fraction of sp³-hybridized carbons (Fsp3) is 0.368. The van der Waals surface area contributed by atoms with E-state index in [1.54, 1.807) is 0 Å². The Balaban J connectivity index is 1.67. The fourth-order valence-electron chi connectivity index (χ4n) is 2.84. The molecule has 0 radical (unpaired) electrons. The highest BCUT2D eigenvalue weighted by Crippen LogP contribution is 2.37. The summed E-state index contributed by atoms with van der Waals surface area (Å²) in [6.07, 6.45) is 4.54. The van der Waals surface area contributed by atoms with Crippen molar-refractivity contribution in [3.63, 3.8) is 0 Å². The molecule has 1 nitrogen and oxygen atoms in total. The Morgan fingerprint density at radius 2 is 1.90 bits per heavy atom. The highest BCUT2D eigenvalue weighted by Gasteiger charge is 2.29. The highest BCUT2D eigenvalue weighted by atomic mass is 35.5. The maximum Gasteiger partial charge on any atom is 0.123 e. The van der Waals surface area contributed by atoms with Crippen molar-refractivity contribution in [1.29, 1.82) is 0 Å². The molecular formula is C19H21ClO. The summed E-state index contributed by atoms with van der Waals surface area (Å²) in [5, 5.41) is -0.0994. The lowest BCUT2D eigenvalue weighted by Crippen LogP contribution is -2.19. The third-order valence-electron chi connectivity index (χ3n) is 4.12. The molecule has 0 fully saturated rings. The second-order valence-corrected chi connectivity index (χ2v) is 6.19. The number of para-hydroxylation sites is 1. The van der Waals surface area contributed by atoms with Crippen molar-refractivity contribution in [1.82, 2.24) is 0 Å². The molecule has 0 saturated heterocycles. The predicted octanol–water partition coefficient (Wildman–Crippen LogP) is 5.31. The van der Waals surface area contributed by atoms with E-state index in [9.17, 15) is 0 Å². The predicted molar refractivity (Wildman–Crippen MR) is 88.2 cm³/mol. The summed E-state index contributed by atoms with van der Waals surface area (Å²) in [7, 11) is 0. The molecular weight excluding hydrogens is 280 g/mol. The molecule has 2 heteroatoms. The van der Waals surface area contributed by atoms with Crippen LogP contribution in [-0.2, 0) is 12.8 Å². The average molecular weight is 301 g/mol. The van der Waals surface area contributed by atoms with Crippen molar-refractivity contribution < 1.29 is 4.74 Å². The normalized spacial score (nSPS) is 18.1. The number of alkyl halides is 1. The average Bonchev–Trinajstić information content (AvgIpc) is 2.96. The summed E-state index contributed by atoms with van der Waals surface area (Å²) in [5.74, 6) is 0.979. The van der Waals surface area contributed by atoms with Crippen LogP contribution in [0, 0.1) is 0 Å². The molecule has 0 amide bonds. The van der Waals surface area contributed by atoms with Gasteiger partial charge in [-0.3, -0.25) is 0 Å². The smallest absolute Gasteiger partial charge is 0.123 e. The summed E-state index contributed by atoms with van der Waals surface area (Å²) in [5.41, 5.74) is 3.79. The van der Waals surface area contributed by atoms with E-state index >= 15 is 0 Å². The topological polar surface area (TPSA) is 9.23 Å². The molecule has 0 bridgehead atoms. The van der Waals surface area contributed by atoms with Crippen LogP contribution in [0.3, 0.4) is 0 Å². The largest absolute Gasteiger partial charge is 0.488 e. The zero-order valence-electron chi connectivity index (χ0n) is 12.4. The second kappa shape index (κ2) is 6.53. The number of rotatable bonds is 5. The molecule has 0 aliphatic carbocycles. The molecule has 0 spiro atoms. The molecule has 2 atom stereocenters. The van der Waals surface area contributed by atoms with E-state index in [0.29, 0.717) is 0 Å². The van der Waals surface area contributed by atoms with Crippen LogP contribution in [0.25, 0.3) is 0 Å². The number of halogens is 1. The molecule has 0 aromatic heterocycles. The van der Waals surface area contributed by atoms with Gasteiger partial charge in [-0.2, -0.15) is 0 Å². The first kappa shape index (κ1) is 14.5. The van der Waals surface area contributed by atoms with Crippen LogP contribution in [0.2, 0.25) is 0 Å². The van der Waals surface area contributed by atoms with E-state index in [2.05, 4.69) is 43.3 Å². The van der Waals surface area contributed by atoms with Crippen molar-refractivity contribution in [3.05, 3.63) is 65.2 Å². The van der Waals surface area contributed by atoms with E-state index in [1.165, 1.54) is 24.0 Å². The van der Waals surface area contributed by atoms with Gasteiger partial charge in [0.25, 0.3) is 0 Å². The van der Waals surface area contributed by atoms with Gasteiger partial charge in [-0.1, -0.05) is 55.8 Å². The van der Waals surface area contributed by atoms with E-state index in [0.717, 1.165) is 24.2 Å². The Bertz CT molecular complexity index is 566. The number of fused-ring (bicyclic) bond motifs is 1. The van der Waals surface area contributed by atoms with Gasteiger partial charge in [0.2, 0.25) is 0 Å². The Labute approximate surface area is 131 Å². The summed E-state index contributed by atoms with van der Waals surface area (Å²) in [6.45, 7) is 2.22. The summed E-state index contributed by atoms with van der Waals surface area (Å²) in [4.78, 5) is 0. The Kier molecular flexibility index (Phi) is 4.50. The van der Waals surface area contributed by atoms with Crippen LogP contribution in [0.4, 0.5) is 0 Å². The maximum absolute atomic E-state index is 6.63. The standard InChI is InChI=1S/C19H21ClO/c1-2-3-6-14-9-11-15(12-10-14)19(20)18-13-16-7-4-5-8-17(16)21-18/h4-5,7-12,18-19H,2-3,6,13H2,1H3. The third kappa shape index (κ3) is 3.24. The quantitative estimate of drug-likeness (QED) is 0.680. The molecule has 1 aliphatic heterocycles. The van der Waals surface area contributed by atoms with E-state index in [1.807, 2.05) is 12.1 Å². The monoisotopic (exact) mass is 300 g/mol. The van der Waals surface area contributed by atoms with Crippen LogP contribution in [0.5, 0.6) is 5.75 Å². The first-order valence-corrected chi connectivity index (χ1v) is 8.19. The molecule has 21 heavy (non-hydrogen) atoms. The van der Waals surface area contributed by atoms with Gasteiger partial charge < -0.3 is 4.74 Å². The second-order valence-electron chi connectivity index (χ2n) is 5.72. The Morgan fingerprint density at radius 3 is 2.62 bits per heavy atom. The van der Waals surface area contributed by atoms with Crippen molar-refractivity contribution in [2.45, 2.75) is 44.1 Å². The lowest BCUT2D eigenvalue weighted by atomic mass is 10.0. The minimum Gasteiger partial charge on any atom is -0.488 e. The zero-order chi connectivity index (χ0) is 14.7. The Morgan fingerprint density at radius 1 is 1.14 bits per heavy atom. The lowest BCUT2D eigenvalue weighted by Gasteiger charge is -2.18. The van der Waals surface area contributed by atoms with Gasteiger partial charge >= 0.3 is 0 Å². The van der Waals surface area contributed by atoms with Crippen molar-refractivity contribution in [2.75, 3.05) is 0 Å². The van der Waals surface area contributed by atoms with Crippen LogP contribution in [-0.4, -0.2) is 6.10 Å². The number of ether oxygens (including phenoxy) is 1. The van der Waals surface area contributed by atoms with Crippen molar-refractivity contribution in [2.24, 2.45) is 0 Å².